The molecule has 0 aliphatic rings. The summed E-state index contributed by atoms with van der Waals surface area (Å²) in [4.78, 5) is 10.7. The highest BCUT2D eigenvalue weighted by atomic mass is 16.1. The summed E-state index contributed by atoms with van der Waals surface area (Å²) in [6.45, 7) is 3.29. The first kappa shape index (κ1) is 16.9. The van der Waals surface area contributed by atoms with Crippen molar-refractivity contribution >= 4 is 5.91 Å². The first-order chi connectivity index (χ1) is 10.3. The molecular formula is C19H41NO. The van der Waals surface area contributed by atoms with Crippen molar-refractivity contribution in [3.8, 4) is 0 Å². The summed E-state index contributed by atoms with van der Waals surface area (Å²) in [6.07, 6.45) is 1.18. The lowest BCUT2D eigenvalue weighted by molar-refractivity contribution is -0.116. The minimum atomic E-state index is -0.281. The fraction of sp³-hybridized carbons (Fsp3) is 0.0526. The van der Waals surface area contributed by atoms with Crippen LogP contribution in [0, 0.1) is 0 Å². The summed E-state index contributed by atoms with van der Waals surface area (Å²) < 4.78 is 0. The first-order valence-corrected chi connectivity index (χ1v) is 5.39. The predicted molar refractivity (Wildman–Crippen MR) is 113 cm³/mol. The van der Waals surface area contributed by atoms with Crippen LogP contribution in [0.1, 0.15) is 24.3 Å². The normalized spacial score (nSPS) is 4.81. The zero-order valence-corrected chi connectivity index (χ0v) is 11.2. The molecule has 0 radical (unpaired) electrons. The van der Waals surface area contributed by atoms with Crippen molar-refractivity contribution in [3.63, 3.8) is 0 Å². The summed E-state index contributed by atoms with van der Waals surface area (Å²) in [6, 6.07) is 0. The van der Waals surface area contributed by atoms with Gasteiger partial charge in [-0.3, -0.25) is 4.79 Å². The van der Waals surface area contributed by atoms with Gasteiger partial charge in [0.05, 0.1) is 6.08 Å². The van der Waals surface area contributed by atoms with E-state index in [1.807, 2.05) is 0 Å². The number of nitrogens with one attached hydrogen (secondary N) is 1. The second kappa shape index (κ2) is 14.0. The van der Waals surface area contributed by atoms with Crippen LogP contribution in [0.3, 0.4) is 0 Å². The Hall–Kier alpha value is -4.09. The molecule has 0 unspecified atom stereocenters. The Labute approximate surface area is 147 Å². The fourth-order valence-electron chi connectivity index (χ4n) is 0.598. The Morgan fingerprint density at radius 3 is 1.57 bits per heavy atom. The zero-order chi connectivity index (χ0) is 15.6. The van der Waals surface area contributed by atoms with Gasteiger partial charge >= 0.3 is 0 Å². The molecule has 0 atom stereocenters. The van der Waals surface area contributed by atoms with Crippen molar-refractivity contribution in [1.82, 2.24) is 5.32 Å². The molecule has 0 saturated carbocycles. The van der Waals surface area contributed by atoms with Gasteiger partial charge in [-0.15, -0.1) is 0 Å². The highest BCUT2D eigenvalue weighted by Gasteiger charge is 1.81. The SMILES string of the molecule is C=C=C=C=C=C=C=C=C=C=C=C=C=C=C=C=CC(=O)NC.[HH].[HH].[HH].[HH].[HH].[HH].[HH].[HH].[HH].[HH].[HH].[HH].[HH].[HH].[HH].[HH].[HH]. The second-order valence-electron chi connectivity index (χ2n) is 2.70. The van der Waals surface area contributed by atoms with Crippen LogP contribution in [0.2, 0.25) is 0 Å². The number of carbonyl (C=O) groups is 1. The van der Waals surface area contributed by atoms with Crippen molar-refractivity contribution in [2.75, 3.05) is 7.05 Å². The van der Waals surface area contributed by atoms with Gasteiger partial charge in [-0.05, 0) is 81.1 Å². The molecule has 21 heavy (non-hydrogen) atoms. The summed E-state index contributed by atoms with van der Waals surface area (Å²) in [5.74, 6) is -0.281. The second-order valence-corrected chi connectivity index (χ2v) is 2.70. The molecule has 0 saturated heterocycles. The molecule has 0 heterocycles. The Bertz CT molecular complexity index is 1010. The first-order valence-electron chi connectivity index (χ1n) is 5.39. The Balaban J connectivity index is -0.0000000147. The third-order valence-electron chi connectivity index (χ3n) is 1.36. The van der Waals surface area contributed by atoms with Gasteiger partial charge in [-0.2, -0.15) is 0 Å². The summed E-state index contributed by atoms with van der Waals surface area (Å²) in [7, 11) is 1.51. The lowest BCUT2D eigenvalue weighted by atomic mass is 10.5. The monoisotopic (exact) mass is 299 g/mol. The van der Waals surface area contributed by atoms with E-state index < -0.39 is 0 Å². The van der Waals surface area contributed by atoms with Gasteiger partial charge in [0.15, 0.2) is 0 Å². The largest absolute Gasteiger partial charge is 0.355 e. The van der Waals surface area contributed by atoms with Crippen LogP contribution >= 0.6 is 0 Å². The van der Waals surface area contributed by atoms with Crippen LogP contribution in [-0.4, -0.2) is 13.0 Å². The minimum absolute atomic E-state index is 0. The molecule has 0 aromatic rings. The minimum Gasteiger partial charge on any atom is -0.355 e. The van der Waals surface area contributed by atoms with E-state index in [-0.39, 0.29) is 30.2 Å². The molecule has 0 aliphatic heterocycles. The van der Waals surface area contributed by atoms with Crippen molar-refractivity contribution in [3.05, 3.63) is 98.6 Å². The maximum absolute atomic E-state index is 10.7. The standard InChI is InChI=1S/C19H7NO.17H2/c1-3-4-5-6-7-8-9-10-11-12-13-14-15-16-17-18-19(21)20-2;;;;;;;;;;;;;;;;;/h18H,1H2,2H3,(H,20,21);17*1H. The molecule has 1 amide bonds. The highest BCUT2D eigenvalue weighted by molar-refractivity contribution is 5.86. The fourth-order valence-corrected chi connectivity index (χ4v) is 0.598. The maximum atomic E-state index is 10.7. The van der Waals surface area contributed by atoms with Crippen molar-refractivity contribution in [2.45, 2.75) is 0 Å². The molecule has 2 nitrogen and oxygen atoms in total. The maximum Gasteiger partial charge on any atom is 0.252 e. The average Bonchev–Trinajstić information content (AvgIpc) is 2.50. The molecule has 0 spiro atoms. The van der Waals surface area contributed by atoms with E-state index in [0.29, 0.717) is 0 Å². The van der Waals surface area contributed by atoms with Gasteiger partial charge in [-0.1, -0.05) is 11.5 Å². The molecule has 0 bridgehead atoms. The molecule has 0 fully saturated rings. The van der Waals surface area contributed by atoms with Gasteiger partial charge in [0, 0.05) is 31.3 Å². The van der Waals surface area contributed by atoms with E-state index in [1.165, 1.54) is 13.1 Å². The number of amides is 1. The number of hydrogen-bond acceptors (Lipinski definition) is 1. The Morgan fingerprint density at radius 2 is 1.19 bits per heavy atom. The Kier molecular flexibility index (Phi) is 11.3. The van der Waals surface area contributed by atoms with Crippen LogP contribution in [0.15, 0.2) is 98.6 Å². The smallest absolute Gasteiger partial charge is 0.252 e. The van der Waals surface area contributed by atoms with Crippen LogP contribution in [-0.2, 0) is 4.79 Å². The van der Waals surface area contributed by atoms with Crippen molar-refractivity contribution < 1.29 is 29.0 Å². The van der Waals surface area contributed by atoms with E-state index in [1.54, 1.807) is 0 Å². The molecule has 2 heteroatoms. The molecular weight excluding hydrogens is 258 g/mol. The number of hydrogen-bond donors (Lipinski definition) is 1. The molecule has 0 aliphatic carbocycles. The molecule has 0 aromatic heterocycles. The van der Waals surface area contributed by atoms with Crippen LogP contribution < -0.4 is 5.32 Å². The highest BCUT2D eigenvalue weighted by Crippen LogP contribution is 1.63. The third kappa shape index (κ3) is 13.8. The number of likely N-dealkylation sites (N-methyl/N-ethyl adjacent to an activating group) is 1. The zero-order valence-electron chi connectivity index (χ0n) is 11.2. The third-order valence-corrected chi connectivity index (χ3v) is 1.36. The van der Waals surface area contributed by atoms with Gasteiger partial charge in [0.25, 0.3) is 5.91 Å². The van der Waals surface area contributed by atoms with E-state index in [4.69, 9.17) is 0 Å². The van der Waals surface area contributed by atoms with Gasteiger partial charge in [0.1, 0.15) is 0 Å². The van der Waals surface area contributed by atoms with E-state index in [0.717, 1.165) is 0 Å². The van der Waals surface area contributed by atoms with Crippen molar-refractivity contribution in [1.29, 1.82) is 0 Å². The van der Waals surface area contributed by atoms with Crippen LogP contribution in [0.25, 0.3) is 0 Å². The molecule has 0 rings (SSSR count). The lowest BCUT2D eigenvalue weighted by Gasteiger charge is -1.82. The summed E-state index contributed by atoms with van der Waals surface area (Å²) >= 11 is 0. The summed E-state index contributed by atoms with van der Waals surface area (Å²) in [5.41, 5.74) is 36.8. The lowest BCUT2D eigenvalue weighted by Crippen LogP contribution is -2.13. The Morgan fingerprint density at radius 1 is 0.810 bits per heavy atom. The molecule has 0 aromatic carbocycles. The molecule has 1 N–H and O–H groups in total. The van der Waals surface area contributed by atoms with Gasteiger partial charge < -0.3 is 5.32 Å². The van der Waals surface area contributed by atoms with Gasteiger partial charge in [-0.25, -0.2) is 0 Å². The van der Waals surface area contributed by atoms with Crippen molar-refractivity contribution in [2.24, 2.45) is 0 Å². The summed E-state index contributed by atoms with van der Waals surface area (Å²) in [5, 5.41) is 2.39. The number of rotatable bonds is 1. The topological polar surface area (TPSA) is 29.1 Å². The van der Waals surface area contributed by atoms with E-state index in [2.05, 4.69) is 97.9 Å². The van der Waals surface area contributed by atoms with Gasteiger partial charge in [0.2, 0.25) is 0 Å². The molecule has 128 valence electrons. The van der Waals surface area contributed by atoms with E-state index in [9.17, 15) is 4.79 Å². The number of carbonyl (C=O) groups excluding carboxylic acids is 1. The van der Waals surface area contributed by atoms with Crippen LogP contribution in [0.4, 0.5) is 0 Å². The predicted octanol–water partition coefficient (Wildman–Crippen LogP) is 6.43. The van der Waals surface area contributed by atoms with Crippen LogP contribution in [0.5, 0.6) is 0 Å². The van der Waals surface area contributed by atoms with E-state index >= 15 is 0 Å². The quantitative estimate of drug-likeness (QED) is 0.439. The average molecular weight is 300 g/mol.